The van der Waals surface area contributed by atoms with E-state index in [1.54, 1.807) is 6.07 Å². The normalized spacial score (nSPS) is 8.50. The van der Waals surface area contributed by atoms with Crippen LogP contribution in [0.5, 0.6) is 0 Å². The Morgan fingerprint density at radius 3 is 2.43 bits per heavy atom. The molecule has 1 aromatic carbocycles. The topological polar surface area (TPSA) is 76.7 Å². The number of hydrogen-bond donors (Lipinski definition) is 1. The van der Waals surface area contributed by atoms with E-state index in [2.05, 4.69) is 5.32 Å². The molecule has 0 aliphatic heterocycles. The van der Waals surface area contributed by atoms with Crippen molar-refractivity contribution in [2.75, 3.05) is 5.32 Å². The van der Waals surface area contributed by atoms with Crippen molar-refractivity contribution in [2.24, 2.45) is 0 Å². The minimum atomic E-state index is -0.210. The lowest BCUT2D eigenvalue weighted by atomic mass is 10.1. The van der Waals surface area contributed by atoms with Crippen LogP contribution in [-0.2, 0) is 4.79 Å². The smallest absolute Gasteiger partial charge is 0.221 e. The van der Waals surface area contributed by atoms with Crippen molar-refractivity contribution < 1.29 is 4.79 Å². The van der Waals surface area contributed by atoms with Crippen molar-refractivity contribution in [1.29, 1.82) is 10.5 Å². The third-order valence-electron chi connectivity index (χ3n) is 1.58. The first-order valence-electron chi connectivity index (χ1n) is 3.89. The number of carbonyl (C=O) groups is 1. The summed E-state index contributed by atoms with van der Waals surface area (Å²) in [5.41, 5.74) is 1.09. The molecule has 0 bridgehead atoms. The molecule has 1 amide bonds. The fourth-order valence-electron chi connectivity index (χ4n) is 1.02. The van der Waals surface area contributed by atoms with Gasteiger partial charge in [0.1, 0.15) is 12.1 Å². The summed E-state index contributed by atoms with van der Waals surface area (Å²) in [6.45, 7) is 1.38. The van der Waals surface area contributed by atoms with Crippen LogP contribution in [0.15, 0.2) is 18.2 Å². The zero-order chi connectivity index (χ0) is 10.6. The molecule has 0 aliphatic rings. The van der Waals surface area contributed by atoms with E-state index in [4.69, 9.17) is 10.5 Å². The number of carbonyl (C=O) groups excluding carboxylic acids is 1. The van der Waals surface area contributed by atoms with Crippen molar-refractivity contribution in [1.82, 2.24) is 0 Å². The molecule has 0 radical (unpaired) electrons. The Hall–Kier alpha value is -2.33. The average molecular weight is 185 g/mol. The van der Waals surface area contributed by atoms with E-state index in [1.807, 2.05) is 12.1 Å². The molecule has 4 nitrogen and oxygen atoms in total. The Balaban J connectivity index is 3.11. The standard InChI is InChI=1S/C10H7N3O/c1-7(14)13-10-3-2-8(5-11)9(4-10)6-12/h2-4H,1H3,(H,13,14). The first-order chi connectivity index (χ1) is 6.67. The molecular formula is C10H7N3O. The van der Waals surface area contributed by atoms with Gasteiger partial charge >= 0.3 is 0 Å². The quantitative estimate of drug-likeness (QED) is 0.718. The lowest BCUT2D eigenvalue weighted by Crippen LogP contribution is -2.05. The number of nitrogens with zero attached hydrogens (tertiary/aromatic N) is 2. The highest BCUT2D eigenvalue weighted by molar-refractivity contribution is 5.89. The van der Waals surface area contributed by atoms with Crippen molar-refractivity contribution >= 4 is 11.6 Å². The Morgan fingerprint density at radius 2 is 1.93 bits per heavy atom. The summed E-state index contributed by atoms with van der Waals surface area (Å²) in [5.74, 6) is -0.210. The van der Waals surface area contributed by atoms with Crippen LogP contribution in [0.4, 0.5) is 5.69 Å². The summed E-state index contributed by atoms with van der Waals surface area (Å²) in [5, 5.41) is 19.9. The van der Waals surface area contributed by atoms with Gasteiger partial charge in [0.15, 0.2) is 0 Å². The molecule has 0 aliphatic carbocycles. The van der Waals surface area contributed by atoms with Gasteiger partial charge in [0.2, 0.25) is 5.91 Å². The number of anilines is 1. The average Bonchev–Trinajstić information content (AvgIpc) is 2.16. The van der Waals surface area contributed by atoms with Crippen molar-refractivity contribution in [3.05, 3.63) is 29.3 Å². The Morgan fingerprint density at radius 1 is 1.29 bits per heavy atom. The first kappa shape index (κ1) is 9.76. The Bertz CT molecular complexity index is 451. The SMILES string of the molecule is CC(=O)Nc1ccc(C#N)c(C#N)c1. The fraction of sp³-hybridized carbons (Fsp3) is 0.100. The highest BCUT2D eigenvalue weighted by atomic mass is 16.1. The molecule has 0 fully saturated rings. The van der Waals surface area contributed by atoms with Gasteiger partial charge in [0.25, 0.3) is 0 Å². The molecule has 0 saturated heterocycles. The second kappa shape index (κ2) is 4.06. The predicted octanol–water partition coefficient (Wildman–Crippen LogP) is 1.39. The molecule has 14 heavy (non-hydrogen) atoms. The molecule has 0 unspecified atom stereocenters. The molecule has 1 rings (SSSR count). The molecule has 0 saturated carbocycles. The molecule has 4 heteroatoms. The highest BCUT2D eigenvalue weighted by Crippen LogP contribution is 2.14. The number of hydrogen-bond acceptors (Lipinski definition) is 3. The van der Waals surface area contributed by atoms with Gasteiger partial charge in [-0.2, -0.15) is 10.5 Å². The van der Waals surface area contributed by atoms with Crippen LogP contribution in [0.2, 0.25) is 0 Å². The summed E-state index contributed by atoms with van der Waals surface area (Å²) in [6.07, 6.45) is 0. The summed E-state index contributed by atoms with van der Waals surface area (Å²) >= 11 is 0. The van der Waals surface area contributed by atoms with E-state index in [-0.39, 0.29) is 11.5 Å². The van der Waals surface area contributed by atoms with Gasteiger partial charge in [-0.25, -0.2) is 0 Å². The molecule has 0 spiro atoms. The first-order valence-corrected chi connectivity index (χ1v) is 3.89. The van der Waals surface area contributed by atoms with Gasteiger partial charge in [-0.15, -0.1) is 0 Å². The number of rotatable bonds is 1. The Kier molecular flexibility index (Phi) is 2.83. The maximum Gasteiger partial charge on any atom is 0.221 e. The largest absolute Gasteiger partial charge is 0.326 e. The number of amides is 1. The van der Waals surface area contributed by atoms with Crippen molar-refractivity contribution in [3.8, 4) is 12.1 Å². The van der Waals surface area contributed by atoms with Crippen LogP contribution in [0.25, 0.3) is 0 Å². The van der Waals surface area contributed by atoms with Crippen LogP contribution in [0.1, 0.15) is 18.1 Å². The summed E-state index contributed by atoms with van der Waals surface area (Å²) < 4.78 is 0. The van der Waals surface area contributed by atoms with Crippen LogP contribution >= 0.6 is 0 Å². The number of nitrogens with one attached hydrogen (secondary N) is 1. The predicted molar refractivity (Wildman–Crippen MR) is 50.2 cm³/mol. The fourth-order valence-corrected chi connectivity index (χ4v) is 1.02. The minimum Gasteiger partial charge on any atom is -0.326 e. The van der Waals surface area contributed by atoms with E-state index in [0.29, 0.717) is 11.3 Å². The highest BCUT2D eigenvalue weighted by Gasteiger charge is 2.03. The lowest BCUT2D eigenvalue weighted by molar-refractivity contribution is -0.114. The van der Waals surface area contributed by atoms with E-state index in [9.17, 15) is 4.79 Å². The molecule has 0 aromatic heterocycles. The van der Waals surface area contributed by atoms with Gasteiger partial charge in [-0.1, -0.05) is 0 Å². The van der Waals surface area contributed by atoms with Gasteiger partial charge in [0, 0.05) is 12.6 Å². The second-order valence-corrected chi connectivity index (χ2v) is 2.67. The maximum absolute atomic E-state index is 10.7. The molecule has 68 valence electrons. The summed E-state index contributed by atoms with van der Waals surface area (Å²) in [6, 6.07) is 8.34. The molecule has 1 N–H and O–H groups in total. The lowest BCUT2D eigenvalue weighted by Gasteiger charge is -2.02. The van der Waals surface area contributed by atoms with Gasteiger partial charge in [-0.3, -0.25) is 4.79 Å². The van der Waals surface area contributed by atoms with E-state index >= 15 is 0 Å². The van der Waals surface area contributed by atoms with Crippen LogP contribution in [0, 0.1) is 22.7 Å². The summed E-state index contributed by atoms with van der Waals surface area (Å²) in [7, 11) is 0. The molecular weight excluding hydrogens is 178 g/mol. The number of benzene rings is 1. The maximum atomic E-state index is 10.7. The van der Waals surface area contributed by atoms with E-state index < -0.39 is 0 Å². The summed E-state index contributed by atoms with van der Waals surface area (Å²) in [4.78, 5) is 10.7. The van der Waals surface area contributed by atoms with Crippen LogP contribution < -0.4 is 5.32 Å². The monoisotopic (exact) mass is 185 g/mol. The molecule has 1 aromatic rings. The zero-order valence-corrected chi connectivity index (χ0v) is 7.53. The van der Waals surface area contributed by atoms with Crippen LogP contribution in [-0.4, -0.2) is 5.91 Å². The van der Waals surface area contributed by atoms with Crippen molar-refractivity contribution in [3.63, 3.8) is 0 Å². The number of nitriles is 2. The van der Waals surface area contributed by atoms with Gasteiger partial charge in [-0.05, 0) is 18.2 Å². The second-order valence-electron chi connectivity index (χ2n) is 2.67. The Labute approximate surface area is 81.4 Å². The van der Waals surface area contributed by atoms with Gasteiger partial charge < -0.3 is 5.32 Å². The minimum absolute atomic E-state index is 0.210. The molecule has 0 atom stereocenters. The van der Waals surface area contributed by atoms with Gasteiger partial charge in [0.05, 0.1) is 11.1 Å². The van der Waals surface area contributed by atoms with E-state index in [0.717, 1.165) is 0 Å². The zero-order valence-electron chi connectivity index (χ0n) is 7.53. The third kappa shape index (κ3) is 2.09. The van der Waals surface area contributed by atoms with E-state index in [1.165, 1.54) is 19.1 Å². The van der Waals surface area contributed by atoms with Crippen LogP contribution in [0.3, 0.4) is 0 Å². The van der Waals surface area contributed by atoms with Crippen molar-refractivity contribution in [2.45, 2.75) is 6.92 Å². The third-order valence-corrected chi connectivity index (χ3v) is 1.58. The molecule has 0 heterocycles.